The molecular weight excluding hydrogens is 358 g/mol. The summed E-state index contributed by atoms with van der Waals surface area (Å²) >= 11 is 11.5. The van der Waals surface area contributed by atoms with Crippen LogP contribution in [0.5, 0.6) is 0 Å². The Kier molecular flexibility index (Phi) is 4.55. The largest absolute Gasteiger partial charge is 0.306 e. The van der Waals surface area contributed by atoms with E-state index in [1.165, 1.54) is 6.07 Å². The number of rotatable bonds is 4. The lowest BCUT2D eigenvalue weighted by Crippen LogP contribution is -2.13. The van der Waals surface area contributed by atoms with E-state index in [2.05, 4.69) is 4.72 Å². The summed E-state index contributed by atoms with van der Waals surface area (Å²) in [6.45, 7) is 0. The van der Waals surface area contributed by atoms with E-state index in [9.17, 15) is 22.9 Å². The molecule has 0 heterocycles. The molecule has 1 N–H and O–H groups in total. The normalized spacial score (nSPS) is 11.2. The molecule has 0 unspecified atom stereocenters. The van der Waals surface area contributed by atoms with Crippen LogP contribution in [0.15, 0.2) is 41.3 Å². The molecule has 0 fully saturated rings. The van der Waals surface area contributed by atoms with Gasteiger partial charge in [0, 0.05) is 16.1 Å². The van der Waals surface area contributed by atoms with Crippen molar-refractivity contribution in [2.75, 3.05) is 4.72 Å². The average Bonchev–Trinajstić information content (AvgIpc) is 2.39. The van der Waals surface area contributed by atoms with Gasteiger partial charge in [-0.15, -0.1) is 0 Å². The first-order valence-electron chi connectivity index (χ1n) is 5.62. The number of nitro groups is 1. The Hall–Kier alpha value is -1.90. The van der Waals surface area contributed by atoms with Crippen molar-refractivity contribution < 1.29 is 17.7 Å². The molecule has 116 valence electrons. The molecule has 0 radical (unpaired) electrons. The van der Waals surface area contributed by atoms with Gasteiger partial charge in [0.25, 0.3) is 10.0 Å². The second kappa shape index (κ2) is 6.07. The Morgan fingerprint density at radius 1 is 1.09 bits per heavy atom. The minimum absolute atomic E-state index is 0.109. The molecule has 2 aromatic carbocycles. The lowest BCUT2D eigenvalue weighted by molar-refractivity contribution is -0.387. The highest BCUT2D eigenvalue weighted by Crippen LogP contribution is 2.26. The van der Waals surface area contributed by atoms with Gasteiger partial charge in [-0.1, -0.05) is 23.2 Å². The van der Waals surface area contributed by atoms with Crippen molar-refractivity contribution in [1.29, 1.82) is 0 Å². The molecule has 0 amide bonds. The molecule has 0 aliphatic heterocycles. The van der Waals surface area contributed by atoms with Gasteiger partial charge in [-0.2, -0.15) is 4.39 Å². The lowest BCUT2D eigenvalue weighted by Gasteiger charge is -2.09. The van der Waals surface area contributed by atoms with Crippen LogP contribution in [0.2, 0.25) is 10.0 Å². The topological polar surface area (TPSA) is 89.3 Å². The first kappa shape index (κ1) is 16.5. The summed E-state index contributed by atoms with van der Waals surface area (Å²) in [5.74, 6) is -1.07. The molecule has 0 aromatic heterocycles. The maximum atomic E-state index is 13.2. The zero-order valence-corrected chi connectivity index (χ0v) is 12.9. The lowest BCUT2D eigenvalue weighted by atomic mass is 10.3. The van der Waals surface area contributed by atoms with Crippen molar-refractivity contribution in [1.82, 2.24) is 0 Å². The van der Waals surface area contributed by atoms with Crippen LogP contribution in [-0.2, 0) is 10.0 Å². The van der Waals surface area contributed by atoms with Gasteiger partial charge in [-0.3, -0.25) is 14.8 Å². The third kappa shape index (κ3) is 3.65. The molecule has 0 saturated heterocycles. The van der Waals surface area contributed by atoms with Gasteiger partial charge < -0.3 is 0 Å². The van der Waals surface area contributed by atoms with Gasteiger partial charge in [0.2, 0.25) is 5.82 Å². The van der Waals surface area contributed by atoms with E-state index in [-0.39, 0.29) is 20.6 Å². The fourth-order valence-electron chi connectivity index (χ4n) is 1.61. The standard InChI is InChI=1S/C12H7Cl2FN2O4S/c13-7-3-8(14)5-10(4-7)22(20,21)16-9-1-2-11(15)12(6-9)17(18)19/h1-6,16H. The first-order chi connectivity index (χ1) is 10.2. The molecule has 0 aliphatic carbocycles. The number of hydrogen-bond donors (Lipinski definition) is 1. The first-order valence-corrected chi connectivity index (χ1v) is 7.86. The van der Waals surface area contributed by atoms with Crippen LogP contribution in [0.25, 0.3) is 0 Å². The zero-order chi connectivity index (χ0) is 16.5. The number of benzene rings is 2. The van der Waals surface area contributed by atoms with Crippen molar-refractivity contribution in [3.05, 3.63) is 62.4 Å². The minimum Gasteiger partial charge on any atom is -0.279 e. The second-order valence-corrected chi connectivity index (χ2v) is 6.69. The third-order valence-corrected chi connectivity index (χ3v) is 4.34. The van der Waals surface area contributed by atoms with Gasteiger partial charge in [-0.25, -0.2) is 8.42 Å². The number of halogens is 3. The number of hydrogen-bond acceptors (Lipinski definition) is 4. The molecule has 0 spiro atoms. The number of nitrogens with zero attached hydrogens (tertiary/aromatic N) is 1. The second-order valence-electron chi connectivity index (χ2n) is 4.13. The monoisotopic (exact) mass is 364 g/mol. The highest BCUT2D eigenvalue weighted by molar-refractivity contribution is 7.92. The minimum atomic E-state index is -4.08. The maximum absolute atomic E-state index is 13.2. The van der Waals surface area contributed by atoms with Crippen LogP contribution in [0, 0.1) is 15.9 Å². The van der Waals surface area contributed by atoms with Crippen LogP contribution in [0.1, 0.15) is 0 Å². The molecule has 6 nitrogen and oxygen atoms in total. The maximum Gasteiger partial charge on any atom is 0.306 e. The van der Waals surface area contributed by atoms with Crippen LogP contribution >= 0.6 is 23.2 Å². The quantitative estimate of drug-likeness (QED) is 0.659. The van der Waals surface area contributed by atoms with Crippen molar-refractivity contribution in [2.45, 2.75) is 4.90 Å². The van der Waals surface area contributed by atoms with E-state index < -0.39 is 26.5 Å². The van der Waals surface area contributed by atoms with Crippen LogP contribution in [0.3, 0.4) is 0 Å². The Morgan fingerprint density at radius 2 is 1.68 bits per heavy atom. The summed E-state index contributed by atoms with van der Waals surface area (Å²) in [5, 5.41) is 10.9. The van der Waals surface area contributed by atoms with E-state index in [0.29, 0.717) is 0 Å². The Labute approximate surface area is 134 Å². The Morgan fingerprint density at radius 3 is 2.23 bits per heavy atom. The highest BCUT2D eigenvalue weighted by Gasteiger charge is 2.19. The Bertz CT molecular complexity index is 838. The van der Waals surface area contributed by atoms with E-state index in [1.807, 2.05) is 0 Å². The number of anilines is 1. The summed E-state index contributed by atoms with van der Waals surface area (Å²) in [6, 6.07) is 6.30. The fraction of sp³-hybridized carbons (Fsp3) is 0. The SMILES string of the molecule is O=[N+]([O-])c1cc(NS(=O)(=O)c2cc(Cl)cc(Cl)c2)ccc1F. The zero-order valence-electron chi connectivity index (χ0n) is 10.6. The van der Waals surface area contributed by atoms with Crippen LogP contribution < -0.4 is 4.72 Å². The predicted molar refractivity (Wildman–Crippen MR) is 80.3 cm³/mol. The third-order valence-electron chi connectivity index (χ3n) is 2.54. The molecule has 2 rings (SSSR count). The Balaban J connectivity index is 2.41. The van der Waals surface area contributed by atoms with Gasteiger partial charge in [0.05, 0.1) is 15.5 Å². The average molecular weight is 365 g/mol. The summed E-state index contributed by atoms with van der Waals surface area (Å²) in [7, 11) is -4.08. The van der Waals surface area contributed by atoms with Crippen molar-refractivity contribution in [2.24, 2.45) is 0 Å². The number of sulfonamides is 1. The summed E-state index contributed by atoms with van der Waals surface area (Å²) < 4.78 is 39.7. The molecule has 0 atom stereocenters. The van der Waals surface area contributed by atoms with Crippen molar-refractivity contribution in [3.8, 4) is 0 Å². The molecule has 0 aliphatic rings. The van der Waals surface area contributed by atoms with E-state index in [4.69, 9.17) is 23.2 Å². The number of nitro benzene ring substituents is 1. The van der Waals surface area contributed by atoms with Crippen LogP contribution in [-0.4, -0.2) is 13.3 Å². The van der Waals surface area contributed by atoms with E-state index >= 15 is 0 Å². The fourth-order valence-corrected chi connectivity index (χ4v) is 3.39. The van der Waals surface area contributed by atoms with Crippen molar-refractivity contribution in [3.63, 3.8) is 0 Å². The smallest absolute Gasteiger partial charge is 0.279 e. The van der Waals surface area contributed by atoms with Gasteiger partial charge >= 0.3 is 5.69 Å². The molecular formula is C12H7Cl2FN2O4S. The highest BCUT2D eigenvalue weighted by atomic mass is 35.5. The molecule has 10 heteroatoms. The number of nitrogens with one attached hydrogen (secondary N) is 1. The summed E-state index contributed by atoms with van der Waals surface area (Å²) in [6.07, 6.45) is 0. The summed E-state index contributed by atoms with van der Waals surface area (Å²) in [4.78, 5) is 9.47. The van der Waals surface area contributed by atoms with Crippen LogP contribution in [0.4, 0.5) is 15.8 Å². The van der Waals surface area contributed by atoms with E-state index in [0.717, 1.165) is 30.3 Å². The van der Waals surface area contributed by atoms with Gasteiger partial charge in [0.1, 0.15) is 0 Å². The molecule has 22 heavy (non-hydrogen) atoms. The summed E-state index contributed by atoms with van der Waals surface area (Å²) in [5.41, 5.74) is -1.01. The van der Waals surface area contributed by atoms with E-state index in [1.54, 1.807) is 0 Å². The van der Waals surface area contributed by atoms with Gasteiger partial charge in [0.15, 0.2) is 0 Å². The predicted octanol–water partition coefficient (Wildman–Crippen LogP) is 3.84. The molecule has 0 saturated carbocycles. The van der Waals surface area contributed by atoms with Gasteiger partial charge in [-0.05, 0) is 30.3 Å². The molecule has 0 bridgehead atoms. The van der Waals surface area contributed by atoms with Crippen molar-refractivity contribution >= 4 is 44.6 Å². The molecule has 2 aromatic rings.